The second-order valence-electron chi connectivity index (χ2n) is 7.45. The van der Waals surface area contributed by atoms with E-state index in [2.05, 4.69) is 31.8 Å². The Balaban J connectivity index is 1.44. The van der Waals surface area contributed by atoms with Gasteiger partial charge in [-0.15, -0.1) is 0 Å². The van der Waals surface area contributed by atoms with Gasteiger partial charge in [0.2, 0.25) is 11.8 Å². The van der Waals surface area contributed by atoms with Crippen molar-refractivity contribution in [3.05, 3.63) is 34.3 Å². The highest BCUT2D eigenvalue weighted by atomic mass is 79.9. The van der Waals surface area contributed by atoms with Gasteiger partial charge in [-0.05, 0) is 55.4 Å². The van der Waals surface area contributed by atoms with E-state index in [9.17, 15) is 19.2 Å². The number of carbonyl (C=O) groups excluding carboxylic acids is 4. The van der Waals surface area contributed by atoms with Crippen molar-refractivity contribution in [3.63, 3.8) is 0 Å². The quantitative estimate of drug-likeness (QED) is 0.419. The number of carbonyl (C=O) groups is 4. The highest BCUT2D eigenvalue weighted by molar-refractivity contribution is 9.10. The van der Waals surface area contributed by atoms with Crippen LogP contribution in [0.2, 0.25) is 0 Å². The van der Waals surface area contributed by atoms with Crippen LogP contribution in [0.4, 0.5) is 4.79 Å². The summed E-state index contributed by atoms with van der Waals surface area (Å²) < 4.78 is 0.836. The van der Waals surface area contributed by atoms with Gasteiger partial charge in [0.25, 0.3) is 5.91 Å². The van der Waals surface area contributed by atoms with E-state index in [1.165, 1.54) is 4.90 Å². The molecule has 8 nitrogen and oxygen atoms in total. The number of nitrogens with one attached hydrogen (secondary N) is 2. The SMILES string of the molecule is O=C(N/N=C\[C@@H]1C(=O)NC(=O)N([C@H]2C[C@H]3CC[C@H]2C3)C1=O)c1ccc(Br)cc1. The molecule has 2 saturated carbocycles. The van der Waals surface area contributed by atoms with Crippen LogP contribution in [0.25, 0.3) is 0 Å². The molecule has 4 atom stereocenters. The summed E-state index contributed by atoms with van der Waals surface area (Å²) in [5.41, 5.74) is 2.70. The smallest absolute Gasteiger partial charge is 0.277 e. The maximum atomic E-state index is 12.8. The maximum Gasteiger partial charge on any atom is 0.331 e. The third-order valence-corrected chi connectivity index (χ3v) is 6.29. The third kappa shape index (κ3) is 3.46. The number of urea groups is 1. The molecule has 0 spiro atoms. The topological polar surface area (TPSA) is 108 Å². The van der Waals surface area contributed by atoms with Crippen LogP contribution in [-0.2, 0) is 9.59 Å². The molecule has 1 aromatic rings. The largest absolute Gasteiger partial charge is 0.331 e. The van der Waals surface area contributed by atoms with E-state index in [1.54, 1.807) is 24.3 Å². The first-order valence-electron chi connectivity index (χ1n) is 9.21. The predicted molar refractivity (Wildman–Crippen MR) is 103 cm³/mol. The van der Waals surface area contributed by atoms with Crippen LogP contribution >= 0.6 is 15.9 Å². The number of imide groups is 2. The molecule has 146 valence electrons. The number of rotatable bonds is 4. The zero-order valence-corrected chi connectivity index (χ0v) is 16.5. The maximum absolute atomic E-state index is 12.8. The molecule has 1 heterocycles. The number of amides is 5. The molecule has 28 heavy (non-hydrogen) atoms. The van der Waals surface area contributed by atoms with E-state index < -0.39 is 29.7 Å². The minimum atomic E-state index is -1.23. The minimum Gasteiger partial charge on any atom is -0.277 e. The molecule has 2 bridgehead atoms. The molecule has 1 aromatic carbocycles. The van der Waals surface area contributed by atoms with Crippen LogP contribution in [0.1, 0.15) is 36.0 Å². The first-order valence-corrected chi connectivity index (χ1v) is 10.0. The molecule has 1 aliphatic heterocycles. The average Bonchev–Trinajstić information content (AvgIpc) is 3.28. The lowest BCUT2D eigenvalue weighted by molar-refractivity contribution is -0.141. The summed E-state index contributed by atoms with van der Waals surface area (Å²) in [5, 5.41) is 6.01. The van der Waals surface area contributed by atoms with Gasteiger partial charge >= 0.3 is 6.03 Å². The van der Waals surface area contributed by atoms with Gasteiger partial charge in [0, 0.05) is 22.3 Å². The van der Waals surface area contributed by atoms with Crippen LogP contribution in [-0.4, -0.2) is 40.9 Å². The molecule has 1 saturated heterocycles. The van der Waals surface area contributed by atoms with Crippen molar-refractivity contribution in [2.24, 2.45) is 22.9 Å². The summed E-state index contributed by atoms with van der Waals surface area (Å²) in [6, 6.07) is 5.85. The van der Waals surface area contributed by atoms with Gasteiger partial charge in [-0.3, -0.25) is 24.6 Å². The number of benzene rings is 1. The Kier molecular flexibility index (Phi) is 5.01. The number of nitrogens with zero attached hydrogens (tertiary/aromatic N) is 2. The second kappa shape index (κ2) is 7.46. The van der Waals surface area contributed by atoms with E-state index in [4.69, 9.17) is 0 Å². The van der Waals surface area contributed by atoms with Crippen LogP contribution in [0.3, 0.4) is 0 Å². The molecule has 0 unspecified atom stereocenters. The summed E-state index contributed by atoms with van der Waals surface area (Å²) in [5.74, 6) is -2.15. The van der Waals surface area contributed by atoms with E-state index in [0.29, 0.717) is 17.4 Å². The fourth-order valence-electron chi connectivity index (χ4n) is 4.41. The summed E-state index contributed by atoms with van der Waals surface area (Å²) in [7, 11) is 0. The first-order chi connectivity index (χ1) is 13.4. The molecular formula is C19H19BrN4O4. The first kappa shape index (κ1) is 18.8. The summed E-state index contributed by atoms with van der Waals surface area (Å²) in [6.45, 7) is 0. The standard InChI is InChI=1S/C19H19BrN4O4/c20-13-5-3-11(4-6-13)16(25)23-21-9-14-17(26)22-19(28)24(18(14)27)15-8-10-1-2-12(15)7-10/h3-6,9-10,12,14-15H,1-2,7-8H2,(H,23,25)(H,22,26,28)/b21-9-/t10-,12-,14+,15-/m0/s1. The molecule has 0 radical (unpaired) electrons. The Morgan fingerprint density at radius 3 is 2.57 bits per heavy atom. The van der Waals surface area contributed by atoms with Gasteiger partial charge in [-0.2, -0.15) is 5.10 Å². The van der Waals surface area contributed by atoms with Gasteiger partial charge in [0.1, 0.15) is 0 Å². The van der Waals surface area contributed by atoms with Crippen LogP contribution < -0.4 is 10.7 Å². The van der Waals surface area contributed by atoms with Crippen molar-refractivity contribution >= 4 is 45.9 Å². The molecule has 0 aromatic heterocycles. The highest BCUT2D eigenvalue weighted by Crippen LogP contribution is 2.47. The normalized spacial score (nSPS) is 29.5. The van der Waals surface area contributed by atoms with Crippen LogP contribution in [0.5, 0.6) is 0 Å². The molecule has 5 amide bonds. The Bertz CT molecular complexity index is 869. The van der Waals surface area contributed by atoms with E-state index in [1.807, 2.05) is 0 Å². The Labute approximate surface area is 169 Å². The fourth-order valence-corrected chi connectivity index (χ4v) is 4.68. The number of barbiturate groups is 1. The molecular weight excluding hydrogens is 428 g/mol. The molecule has 3 aliphatic rings. The van der Waals surface area contributed by atoms with Gasteiger partial charge < -0.3 is 0 Å². The lowest BCUT2D eigenvalue weighted by Crippen LogP contribution is -2.62. The lowest BCUT2D eigenvalue weighted by Gasteiger charge is -2.36. The minimum absolute atomic E-state index is 0.160. The summed E-state index contributed by atoms with van der Waals surface area (Å²) in [6.07, 6.45) is 5.04. The monoisotopic (exact) mass is 446 g/mol. The number of fused-ring (bicyclic) bond motifs is 2. The highest BCUT2D eigenvalue weighted by Gasteiger charge is 2.50. The van der Waals surface area contributed by atoms with Crippen molar-refractivity contribution < 1.29 is 19.2 Å². The van der Waals surface area contributed by atoms with Crippen molar-refractivity contribution in [1.29, 1.82) is 0 Å². The Morgan fingerprint density at radius 2 is 1.93 bits per heavy atom. The molecule has 2 N–H and O–H groups in total. The summed E-state index contributed by atoms with van der Waals surface area (Å²) >= 11 is 3.29. The zero-order valence-electron chi connectivity index (χ0n) is 14.9. The van der Waals surface area contributed by atoms with Crippen molar-refractivity contribution in [1.82, 2.24) is 15.6 Å². The predicted octanol–water partition coefficient (Wildman–Crippen LogP) is 2.05. The van der Waals surface area contributed by atoms with Crippen LogP contribution in [0.15, 0.2) is 33.8 Å². The van der Waals surface area contributed by atoms with E-state index in [0.717, 1.165) is 36.4 Å². The zero-order chi connectivity index (χ0) is 19.8. The lowest BCUT2D eigenvalue weighted by atomic mass is 9.92. The number of halogens is 1. The molecule has 9 heteroatoms. The Morgan fingerprint density at radius 1 is 1.18 bits per heavy atom. The van der Waals surface area contributed by atoms with Crippen LogP contribution in [0, 0.1) is 17.8 Å². The number of hydrogen-bond acceptors (Lipinski definition) is 5. The third-order valence-electron chi connectivity index (χ3n) is 5.76. The van der Waals surface area contributed by atoms with Crippen molar-refractivity contribution in [2.75, 3.05) is 0 Å². The van der Waals surface area contributed by atoms with Gasteiger partial charge in [0.15, 0.2) is 5.92 Å². The van der Waals surface area contributed by atoms with Gasteiger partial charge in [-0.25, -0.2) is 10.2 Å². The van der Waals surface area contributed by atoms with Gasteiger partial charge in [-0.1, -0.05) is 22.4 Å². The molecule has 3 fully saturated rings. The molecule has 4 rings (SSSR count). The fraction of sp³-hybridized carbons (Fsp3) is 0.421. The van der Waals surface area contributed by atoms with E-state index in [-0.39, 0.29) is 6.04 Å². The number of hydrogen-bond donors (Lipinski definition) is 2. The van der Waals surface area contributed by atoms with Crippen molar-refractivity contribution in [2.45, 2.75) is 31.7 Å². The van der Waals surface area contributed by atoms with Crippen molar-refractivity contribution in [3.8, 4) is 0 Å². The Hall–Kier alpha value is -2.55. The average molecular weight is 447 g/mol. The summed E-state index contributed by atoms with van der Waals surface area (Å²) in [4.78, 5) is 50.5. The second-order valence-corrected chi connectivity index (χ2v) is 8.36. The molecule has 2 aliphatic carbocycles. The van der Waals surface area contributed by atoms with Gasteiger partial charge in [0.05, 0.1) is 0 Å². The van der Waals surface area contributed by atoms with E-state index >= 15 is 0 Å². The number of hydrazone groups is 1.